The second kappa shape index (κ2) is 7.98. The summed E-state index contributed by atoms with van der Waals surface area (Å²) in [5.41, 5.74) is 2.43. The summed E-state index contributed by atoms with van der Waals surface area (Å²) < 4.78 is 5.72. The van der Waals surface area contributed by atoms with E-state index in [4.69, 9.17) is 15.1 Å². The molecule has 0 amide bonds. The van der Waals surface area contributed by atoms with Gasteiger partial charge in [-0.3, -0.25) is 0 Å². The number of carboxylic acid groups (broad SMARTS) is 1. The third kappa shape index (κ3) is 3.79. The lowest BCUT2D eigenvalue weighted by Gasteiger charge is -2.09. The van der Waals surface area contributed by atoms with Crippen molar-refractivity contribution < 1.29 is 14.6 Å². The molecule has 0 saturated carbocycles. The average Bonchev–Trinajstić information content (AvgIpc) is 2.71. The van der Waals surface area contributed by atoms with Crippen LogP contribution in [-0.2, 0) is 6.61 Å². The molecule has 0 atom stereocenters. The average molecular weight is 370 g/mol. The maximum atomic E-state index is 11.1. The van der Waals surface area contributed by atoms with Gasteiger partial charge in [-0.25, -0.2) is 14.8 Å². The number of nitriles is 2. The van der Waals surface area contributed by atoms with Crippen molar-refractivity contribution in [2.75, 3.05) is 0 Å². The van der Waals surface area contributed by atoms with E-state index in [1.807, 2.05) is 12.1 Å². The number of benzene rings is 2. The minimum absolute atomic E-state index is 0.0663. The Balaban J connectivity index is 1.76. The van der Waals surface area contributed by atoms with Crippen LogP contribution < -0.4 is 4.74 Å². The van der Waals surface area contributed by atoms with E-state index in [2.05, 4.69) is 9.97 Å². The van der Waals surface area contributed by atoms with E-state index in [9.17, 15) is 10.1 Å². The molecule has 0 aliphatic rings. The predicted octanol–water partition coefficient (Wildman–Crippen LogP) is 3.47. The monoisotopic (exact) mass is 370 g/mol. The summed E-state index contributed by atoms with van der Waals surface area (Å²) in [4.78, 5) is 19.4. The van der Waals surface area contributed by atoms with E-state index in [1.54, 1.807) is 49.4 Å². The first kappa shape index (κ1) is 18.6. The van der Waals surface area contributed by atoms with Crippen LogP contribution in [0.2, 0.25) is 0 Å². The van der Waals surface area contributed by atoms with Crippen molar-refractivity contribution in [3.8, 4) is 29.3 Å². The van der Waals surface area contributed by atoms with Crippen LogP contribution in [-0.4, -0.2) is 21.0 Å². The largest absolute Gasteiger partial charge is 0.489 e. The van der Waals surface area contributed by atoms with Gasteiger partial charge >= 0.3 is 5.97 Å². The minimum atomic E-state index is -1.06. The molecule has 1 heterocycles. The fourth-order valence-electron chi connectivity index (χ4n) is 2.62. The smallest absolute Gasteiger partial charge is 0.339 e. The zero-order valence-corrected chi connectivity index (χ0v) is 14.9. The molecule has 7 heteroatoms. The number of aromatic carboxylic acids is 1. The quantitative estimate of drug-likeness (QED) is 0.730. The van der Waals surface area contributed by atoms with Gasteiger partial charge in [0.1, 0.15) is 24.5 Å². The number of hydrogen-bond donors (Lipinski definition) is 1. The third-order valence-electron chi connectivity index (χ3n) is 4.10. The van der Waals surface area contributed by atoms with Crippen LogP contribution in [0.15, 0.2) is 48.7 Å². The van der Waals surface area contributed by atoms with E-state index in [-0.39, 0.29) is 12.2 Å². The number of aryl methyl sites for hydroxylation is 1. The second-order valence-corrected chi connectivity index (χ2v) is 5.87. The predicted molar refractivity (Wildman–Crippen MR) is 99.4 cm³/mol. The molecule has 0 radical (unpaired) electrons. The highest BCUT2D eigenvalue weighted by atomic mass is 16.5. The Hall–Kier alpha value is -4.23. The van der Waals surface area contributed by atoms with Gasteiger partial charge in [-0.15, -0.1) is 0 Å². The molecular formula is C21H14N4O3. The fraction of sp³-hybridized carbons (Fsp3) is 0.0952. The van der Waals surface area contributed by atoms with E-state index >= 15 is 0 Å². The van der Waals surface area contributed by atoms with Crippen LogP contribution in [0, 0.1) is 29.6 Å². The zero-order chi connectivity index (χ0) is 20.1. The Morgan fingerprint density at radius 2 is 1.89 bits per heavy atom. The SMILES string of the molecule is Cc1nc(-c2ccc(OCc3cccc(C#N)c3C#N)cc2)ncc1C(=O)O. The lowest BCUT2D eigenvalue weighted by atomic mass is 10.0. The van der Waals surface area contributed by atoms with E-state index in [1.165, 1.54) is 6.20 Å². The second-order valence-electron chi connectivity index (χ2n) is 5.87. The first-order chi connectivity index (χ1) is 13.5. The summed E-state index contributed by atoms with van der Waals surface area (Å²) in [6, 6.07) is 16.1. The molecule has 3 rings (SSSR count). The standard InChI is InChI=1S/C21H14N4O3/c1-13-19(21(26)27)11-24-20(25-13)14-5-7-17(8-6-14)28-12-16-4-2-3-15(9-22)18(16)10-23/h2-8,11H,12H2,1H3,(H,26,27). The molecule has 0 saturated heterocycles. The fourth-order valence-corrected chi connectivity index (χ4v) is 2.62. The van der Waals surface area contributed by atoms with Crippen molar-refractivity contribution in [1.29, 1.82) is 10.5 Å². The number of rotatable bonds is 5. The maximum absolute atomic E-state index is 11.1. The number of aromatic nitrogens is 2. The Bertz CT molecular complexity index is 1130. The number of ether oxygens (including phenoxy) is 1. The molecule has 28 heavy (non-hydrogen) atoms. The van der Waals surface area contributed by atoms with Crippen molar-refractivity contribution in [1.82, 2.24) is 9.97 Å². The molecule has 1 aromatic heterocycles. The number of carbonyl (C=O) groups is 1. The highest BCUT2D eigenvalue weighted by Crippen LogP contribution is 2.22. The van der Waals surface area contributed by atoms with Crippen molar-refractivity contribution in [2.45, 2.75) is 13.5 Å². The number of carboxylic acids is 1. The van der Waals surface area contributed by atoms with Gasteiger partial charge in [0.25, 0.3) is 0 Å². The van der Waals surface area contributed by atoms with Crippen LogP contribution in [0.25, 0.3) is 11.4 Å². The Morgan fingerprint density at radius 3 is 2.50 bits per heavy atom. The Morgan fingerprint density at radius 1 is 1.14 bits per heavy atom. The molecule has 0 unspecified atom stereocenters. The molecule has 1 N–H and O–H groups in total. The van der Waals surface area contributed by atoms with Crippen LogP contribution in [0.4, 0.5) is 0 Å². The summed E-state index contributed by atoms with van der Waals surface area (Å²) in [5, 5.41) is 27.4. The minimum Gasteiger partial charge on any atom is -0.489 e. The molecule has 3 aromatic rings. The first-order valence-electron chi connectivity index (χ1n) is 8.25. The Labute approximate surface area is 161 Å². The maximum Gasteiger partial charge on any atom is 0.339 e. The molecule has 0 bridgehead atoms. The summed E-state index contributed by atoms with van der Waals surface area (Å²) >= 11 is 0. The molecular weight excluding hydrogens is 356 g/mol. The molecule has 0 fully saturated rings. The zero-order valence-electron chi connectivity index (χ0n) is 14.9. The van der Waals surface area contributed by atoms with Crippen LogP contribution in [0.3, 0.4) is 0 Å². The van der Waals surface area contributed by atoms with E-state index in [0.717, 1.165) is 5.56 Å². The first-order valence-corrected chi connectivity index (χ1v) is 8.25. The molecule has 7 nitrogen and oxygen atoms in total. The summed E-state index contributed by atoms with van der Waals surface area (Å²) in [5.74, 6) is -0.0681. The molecule has 0 aliphatic heterocycles. The third-order valence-corrected chi connectivity index (χ3v) is 4.10. The number of nitrogens with zero attached hydrogens (tertiary/aromatic N) is 4. The normalized spacial score (nSPS) is 9.96. The van der Waals surface area contributed by atoms with Gasteiger partial charge in [-0.1, -0.05) is 12.1 Å². The van der Waals surface area contributed by atoms with E-state index < -0.39 is 5.97 Å². The Kier molecular flexibility index (Phi) is 5.29. The van der Waals surface area contributed by atoms with Crippen LogP contribution >= 0.6 is 0 Å². The van der Waals surface area contributed by atoms with Crippen LogP contribution in [0.5, 0.6) is 5.75 Å². The summed E-state index contributed by atoms with van der Waals surface area (Å²) in [6.45, 7) is 1.77. The van der Waals surface area contributed by atoms with Crippen molar-refractivity contribution in [2.24, 2.45) is 0 Å². The summed E-state index contributed by atoms with van der Waals surface area (Å²) in [6.07, 6.45) is 1.29. The lowest BCUT2D eigenvalue weighted by Crippen LogP contribution is -2.04. The summed E-state index contributed by atoms with van der Waals surface area (Å²) in [7, 11) is 0. The highest BCUT2D eigenvalue weighted by molar-refractivity contribution is 5.88. The molecule has 136 valence electrons. The molecule has 2 aromatic carbocycles. The lowest BCUT2D eigenvalue weighted by molar-refractivity contribution is 0.0695. The topological polar surface area (TPSA) is 120 Å². The van der Waals surface area contributed by atoms with Crippen molar-refractivity contribution in [3.05, 3.63) is 76.6 Å². The van der Waals surface area contributed by atoms with E-state index in [0.29, 0.717) is 34.0 Å². The molecule has 0 spiro atoms. The van der Waals surface area contributed by atoms with Crippen molar-refractivity contribution in [3.63, 3.8) is 0 Å². The van der Waals surface area contributed by atoms with Crippen LogP contribution in [0.1, 0.15) is 32.7 Å². The van der Waals surface area contributed by atoms with Gasteiger partial charge in [-0.2, -0.15) is 10.5 Å². The highest BCUT2D eigenvalue weighted by Gasteiger charge is 2.11. The number of hydrogen-bond acceptors (Lipinski definition) is 6. The van der Waals surface area contributed by atoms with Gasteiger partial charge < -0.3 is 9.84 Å². The van der Waals surface area contributed by atoms with Gasteiger partial charge in [0, 0.05) is 17.3 Å². The van der Waals surface area contributed by atoms with Gasteiger partial charge in [-0.05, 0) is 37.3 Å². The van der Waals surface area contributed by atoms with Gasteiger partial charge in [0.2, 0.25) is 0 Å². The van der Waals surface area contributed by atoms with Crippen molar-refractivity contribution >= 4 is 5.97 Å². The van der Waals surface area contributed by atoms with Gasteiger partial charge in [0.15, 0.2) is 5.82 Å². The van der Waals surface area contributed by atoms with Gasteiger partial charge in [0.05, 0.1) is 22.4 Å². The molecule has 0 aliphatic carbocycles.